The molecule has 1 atom stereocenters. The predicted molar refractivity (Wildman–Crippen MR) is 104 cm³/mol. The van der Waals surface area contributed by atoms with Crippen LogP contribution >= 0.6 is 22.7 Å². The van der Waals surface area contributed by atoms with E-state index in [1.807, 2.05) is 33.1 Å². The molecule has 1 saturated heterocycles. The zero-order valence-corrected chi connectivity index (χ0v) is 16.6. The van der Waals surface area contributed by atoms with Crippen molar-refractivity contribution in [2.75, 3.05) is 23.8 Å². The molecular weight excluding hydrogens is 356 g/mol. The lowest BCUT2D eigenvalue weighted by Gasteiger charge is -2.15. The van der Waals surface area contributed by atoms with Crippen molar-refractivity contribution >= 4 is 38.8 Å². The van der Waals surface area contributed by atoms with Gasteiger partial charge in [-0.05, 0) is 19.8 Å². The van der Waals surface area contributed by atoms with Gasteiger partial charge in [-0.25, -0.2) is 9.97 Å². The number of nitrogens with zero attached hydrogens (tertiary/aromatic N) is 2. The fourth-order valence-corrected chi connectivity index (χ4v) is 4.15. The fraction of sp³-hybridized carbons (Fsp3) is 0.588. The summed E-state index contributed by atoms with van der Waals surface area (Å²) in [5, 5.41) is 9.77. The highest BCUT2D eigenvalue weighted by Crippen LogP contribution is 2.35. The van der Waals surface area contributed by atoms with Gasteiger partial charge in [0.1, 0.15) is 0 Å². The summed E-state index contributed by atoms with van der Waals surface area (Å²) in [5.74, 6) is -0.0370. The number of aryl methyl sites for hydroxylation is 1. The molecule has 6 nitrogen and oxygen atoms in total. The number of aromatic nitrogens is 2. The van der Waals surface area contributed by atoms with E-state index in [9.17, 15) is 4.79 Å². The number of anilines is 2. The van der Waals surface area contributed by atoms with Crippen LogP contribution in [0.1, 0.15) is 39.3 Å². The molecule has 1 unspecified atom stereocenters. The molecule has 2 aromatic heterocycles. The van der Waals surface area contributed by atoms with Crippen molar-refractivity contribution in [1.82, 2.24) is 9.97 Å². The van der Waals surface area contributed by atoms with E-state index in [-0.39, 0.29) is 12.0 Å². The molecule has 8 heteroatoms. The highest BCUT2D eigenvalue weighted by atomic mass is 32.1. The number of carbonyl (C=O) groups excluding carboxylic acids is 1. The molecule has 2 aromatic rings. The maximum Gasteiger partial charge on any atom is 0.231 e. The van der Waals surface area contributed by atoms with E-state index >= 15 is 0 Å². The van der Waals surface area contributed by atoms with Gasteiger partial charge in [0, 0.05) is 23.9 Å². The summed E-state index contributed by atoms with van der Waals surface area (Å²) in [5.41, 5.74) is 1.33. The van der Waals surface area contributed by atoms with Crippen molar-refractivity contribution in [2.45, 2.75) is 46.6 Å². The Balaban J connectivity index is 1.66. The van der Waals surface area contributed by atoms with Crippen molar-refractivity contribution in [3.8, 4) is 10.6 Å². The lowest BCUT2D eigenvalue weighted by Crippen LogP contribution is -2.27. The Bertz CT molecular complexity index is 742. The van der Waals surface area contributed by atoms with Crippen molar-refractivity contribution in [2.24, 2.45) is 5.41 Å². The lowest BCUT2D eigenvalue weighted by atomic mass is 9.96. The third kappa shape index (κ3) is 4.56. The van der Waals surface area contributed by atoms with Crippen molar-refractivity contribution in [3.63, 3.8) is 0 Å². The molecule has 3 heterocycles. The topological polar surface area (TPSA) is 76.1 Å². The van der Waals surface area contributed by atoms with Gasteiger partial charge in [-0.2, -0.15) is 0 Å². The number of carbonyl (C=O) groups is 1. The minimum Gasteiger partial charge on any atom is -0.376 e. The molecule has 1 fully saturated rings. The van der Waals surface area contributed by atoms with Crippen LogP contribution < -0.4 is 10.6 Å². The fourth-order valence-electron chi connectivity index (χ4n) is 2.44. The van der Waals surface area contributed by atoms with E-state index in [0.29, 0.717) is 5.13 Å². The van der Waals surface area contributed by atoms with Gasteiger partial charge in [0.2, 0.25) is 5.91 Å². The van der Waals surface area contributed by atoms with Gasteiger partial charge in [-0.15, -0.1) is 11.3 Å². The molecule has 3 rings (SSSR count). The van der Waals surface area contributed by atoms with E-state index in [0.717, 1.165) is 47.4 Å². The van der Waals surface area contributed by atoms with Crippen molar-refractivity contribution < 1.29 is 9.53 Å². The van der Waals surface area contributed by atoms with Crippen LogP contribution in [0, 0.1) is 12.3 Å². The molecule has 0 saturated carbocycles. The quantitative estimate of drug-likeness (QED) is 0.815. The normalized spacial score (nSPS) is 17.7. The summed E-state index contributed by atoms with van der Waals surface area (Å²) >= 11 is 3.04. The maximum absolute atomic E-state index is 12.1. The maximum atomic E-state index is 12.1. The summed E-state index contributed by atoms with van der Waals surface area (Å²) in [7, 11) is 0. The minimum absolute atomic E-state index is 0.0370. The molecule has 0 aromatic carbocycles. The van der Waals surface area contributed by atoms with Crippen molar-refractivity contribution in [3.05, 3.63) is 11.1 Å². The molecule has 0 radical (unpaired) electrons. The smallest absolute Gasteiger partial charge is 0.231 e. The van der Waals surface area contributed by atoms with Crippen LogP contribution in [0.3, 0.4) is 0 Å². The van der Waals surface area contributed by atoms with Crippen LogP contribution in [0.4, 0.5) is 10.3 Å². The van der Waals surface area contributed by atoms with E-state index < -0.39 is 5.41 Å². The van der Waals surface area contributed by atoms with Gasteiger partial charge >= 0.3 is 0 Å². The molecule has 0 spiro atoms. The van der Waals surface area contributed by atoms with Crippen LogP contribution in [0.15, 0.2) is 5.38 Å². The second kappa shape index (κ2) is 7.39. The van der Waals surface area contributed by atoms with Gasteiger partial charge in [0.15, 0.2) is 10.3 Å². The summed E-state index contributed by atoms with van der Waals surface area (Å²) < 4.78 is 5.62. The molecule has 1 amide bonds. The first-order valence-corrected chi connectivity index (χ1v) is 10.1. The Morgan fingerprint density at radius 1 is 1.36 bits per heavy atom. The Morgan fingerprint density at radius 2 is 2.16 bits per heavy atom. The number of amides is 1. The first kappa shape index (κ1) is 18.3. The molecule has 0 aliphatic carbocycles. The molecule has 0 bridgehead atoms. The summed E-state index contributed by atoms with van der Waals surface area (Å²) in [6.45, 7) is 9.25. The van der Waals surface area contributed by atoms with E-state index in [1.165, 1.54) is 11.3 Å². The number of rotatable bonds is 5. The first-order chi connectivity index (χ1) is 11.8. The van der Waals surface area contributed by atoms with Gasteiger partial charge < -0.3 is 15.4 Å². The molecule has 136 valence electrons. The average molecular weight is 381 g/mol. The standard InChI is InChI=1S/C17H24N4O2S2/c1-10-13(25-16(19-10)21-14(22)17(2,3)4)12-9-24-15(20-12)18-8-11-6-5-7-23-11/h9,11H,5-8H2,1-4H3,(H,18,20)(H,19,21,22). The monoisotopic (exact) mass is 380 g/mol. The Hall–Kier alpha value is -1.51. The van der Waals surface area contributed by atoms with Crippen LogP contribution in [-0.4, -0.2) is 35.1 Å². The summed E-state index contributed by atoms with van der Waals surface area (Å²) in [4.78, 5) is 22.2. The van der Waals surface area contributed by atoms with E-state index in [1.54, 1.807) is 11.3 Å². The molecule has 1 aliphatic heterocycles. The largest absolute Gasteiger partial charge is 0.376 e. The van der Waals surface area contributed by atoms with Crippen LogP contribution in [0.25, 0.3) is 10.6 Å². The summed E-state index contributed by atoms with van der Waals surface area (Å²) in [6.07, 6.45) is 2.53. The van der Waals surface area contributed by atoms with Gasteiger partial charge in [0.05, 0.1) is 22.4 Å². The highest BCUT2D eigenvalue weighted by molar-refractivity contribution is 7.19. The Labute approximate surface area is 156 Å². The molecule has 1 aliphatic rings. The summed E-state index contributed by atoms with van der Waals surface area (Å²) in [6, 6.07) is 0. The SMILES string of the molecule is Cc1nc(NC(=O)C(C)(C)C)sc1-c1csc(NCC2CCCO2)n1. The number of thiazole rings is 2. The van der Waals surface area contributed by atoms with E-state index in [2.05, 4.69) is 20.6 Å². The van der Waals surface area contributed by atoms with Crippen LogP contribution in [0.2, 0.25) is 0 Å². The Kier molecular flexibility index (Phi) is 5.41. The predicted octanol–water partition coefficient (Wildman–Crippen LogP) is 4.15. The van der Waals surface area contributed by atoms with Gasteiger partial charge in [0.25, 0.3) is 0 Å². The van der Waals surface area contributed by atoms with Crippen molar-refractivity contribution in [1.29, 1.82) is 0 Å². The van der Waals surface area contributed by atoms with Crippen LogP contribution in [-0.2, 0) is 9.53 Å². The zero-order chi connectivity index (χ0) is 18.0. The zero-order valence-electron chi connectivity index (χ0n) is 15.0. The minimum atomic E-state index is -0.445. The molecule has 2 N–H and O–H groups in total. The average Bonchev–Trinajstić information content (AvgIpc) is 3.25. The Morgan fingerprint density at radius 3 is 2.84 bits per heavy atom. The molecule has 25 heavy (non-hydrogen) atoms. The second-order valence-corrected chi connectivity index (χ2v) is 9.05. The lowest BCUT2D eigenvalue weighted by molar-refractivity contribution is -0.123. The highest BCUT2D eigenvalue weighted by Gasteiger charge is 2.23. The second-order valence-electron chi connectivity index (χ2n) is 7.19. The van der Waals surface area contributed by atoms with Gasteiger partial charge in [-0.3, -0.25) is 4.79 Å². The van der Waals surface area contributed by atoms with Crippen LogP contribution in [0.5, 0.6) is 0 Å². The number of nitrogens with one attached hydrogen (secondary N) is 2. The van der Waals surface area contributed by atoms with E-state index in [4.69, 9.17) is 4.74 Å². The number of ether oxygens (including phenoxy) is 1. The third-order valence-electron chi connectivity index (χ3n) is 3.94. The van der Waals surface area contributed by atoms with Gasteiger partial charge in [-0.1, -0.05) is 32.1 Å². The number of hydrogen-bond donors (Lipinski definition) is 2. The number of hydrogen-bond acceptors (Lipinski definition) is 7. The first-order valence-electron chi connectivity index (χ1n) is 8.43. The molecular formula is C17H24N4O2S2. The third-order valence-corrected chi connectivity index (χ3v) is 5.84.